The standard InChI is InChI=1S/C71H77ClN10O12/c1-43(2)64(74-32-33-76-69(87)91-42-55-51-18-9-7-16-49(51)50-17-8-10-19-52(50)55)66(84)78-56(22-15-31-75-68(73)86)65(83)77-47-27-25-44(26-28-47)41-92-70(88)80(5)57-23-13-14-24-58(57)81(6)71(89)94-61-38-59-63(54-21-12-11-20-53(54)61)46(39-72)40-82(59)67(85)62-37-45-36-48(29-30-60(45)93-62)90-35-34-79(3)4/h7-14,16-21,23-30,36-38,43,46,55-56,64,74H,15,22,31-35,39-42H2,1-6H3,(H,76,87)(H,77,83)(H,78,84)(H3,73,75,86)/t46-,56?,64?/m1/s1. The van der Waals surface area contributed by atoms with Crippen LogP contribution >= 0.6 is 11.6 Å². The quantitative estimate of drug-likeness (QED) is 0.0217. The molecule has 0 saturated carbocycles. The molecule has 490 valence electrons. The van der Waals surface area contributed by atoms with Crippen molar-refractivity contribution in [1.82, 2.24) is 26.2 Å². The van der Waals surface area contributed by atoms with Crippen LogP contribution in [0.5, 0.6) is 11.5 Å². The summed E-state index contributed by atoms with van der Waals surface area (Å²) in [7, 11) is 6.97. The van der Waals surface area contributed by atoms with Gasteiger partial charge in [0, 0.05) is 87.1 Å². The number of alkyl carbamates (subject to hydrolysis) is 1. The number of halogens is 1. The maximum absolute atomic E-state index is 14.4. The molecule has 0 radical (unpaired) electrons. The van der Waals surface area contributed by atoms with Gasteiger partial charge in [0.2, 0.25) is 11.8 Å². The predicted molar refractivity (Wildman–Crippen MR) is 362 cm³/mol. The summed E-state index contributed by atoms with van der Waals surface area (Å²) < 4.78 is 29.7. The van der Waals surface area contributed by atoms with E-state index in [1.54, 1.807) is 77.7 Å². The van der Waals surface area contributed by atoms with E-state index in [2.05, 4.69) is 38.7 Å². The number of furan rings is 1. The van der Waals surface area contributed by atoms with Crippen molar-refractivity contribution in [2.45, 2.75) is 57.2 Å². The molecule has 1 aromatic heterocycles. The number of primary amides is 1. The molecule has 2 heterocycles. The minimum atomic E-state index is -1.03. The Morgan fingerprint density at radius 2 is 1.37 bits per heavy atom. The summed E-state index contributed by atoms with van der Waals surface area (Å²) in [5.74, 6) is -0.718. The molecule has 7 N–H and O–H groups in total. The Kier molecular flexibility index (Phi) is 21.7. The fourth-order valence-corrected chi connectivity index (χ4v) is 12.0. The second-order valence-electron chi connectivity index (χ2n) is 23.7. The summed E-state index contributed by atoms with van der Waals surface area (Å²) >= 11 is 6.61. The van der Waals surface area contributed by atoms with Crippen molar-refractivity contribution in [2.24, 2.45) is 11.7 Å². The second-order valence-corrected chi connectivity index (χ2v) is 24.0. The van der Waals surface area contributed by atoms with Gasteiger partial charge in [-0.1, -0.05) is 111 Å². The van der Waals surface area contributed by atoms with E-state index in [1.165, 1.54) is 23.9 Å². The molecule has 0 spiro atoms. The number of amides is 8. The molecule has 23 heteroatoms. The summed E-state index contributed by atoms with van der Waals surface area (Å²) in [4.78, 5) is 101. The van der Waals surface area contributed by atoms with Gasteiger partial charge in [0.1, 0.15) is 42.9 Å². The Morgan fingerprint density at radius 3 is 2.04 bits per heavy atom. The van der Waals surface area contributed by atoms with Gasteiger partial charge in [0.05, 0.1) is 23.1 Å². The third-order valence-electron chi connectivity index (χ3n) is 16.7. The highest BCUT2D eigenvalue weighted by molar-refractivity contribution is 6.19. The van der Waals surface area contributed by atoms with E-state index in [-0.39, 0.29) is 81.0 Å². The van der Waals surface area contributed by atoms with Crippen LogP contribution in [0.2, 0.25) is 0 Å². The third-order valence-corrected chi connectivity index (χ3v) is 17.0. The highest BCUT2D eigenvalue weighted by Crippen LogP contribution is 2.47. The third kappa shape index (κ3) is 15.7. The number of carbonyl (C=O) groups is 7. The van der Waals surface area contributed by atoms with Crippen LogP contribution in [0.25, 0.3) is 32.9 Å². The first kappa shape index (κ1) is 66.8. The van der Waals surface area contributed by atoms with E-state index >= 15 is 0 Å². The molecule has 8 aromatic rings. The van der Waals surface area contributed by atoms with Gasteiger partial charge >= 0.3 is 24.3 Å². The molecule has 22 nitrogen and oxygen atoms in total. The number of anilines is 4. The summed E-state index contributed by atoms with van der Waals surface area (Å²) in [5.41, 5.74) is 13.2. The van der Waals surface area contributed by atoms with Gasteiger partial charge in [-0.2, -0.15) is 0 Å². The molecule has 2 unspecified atom stereocenters. The maximum Gasteiger partial charge on any atom is 0.419 e. The minimum absolute atomic E-state index is 0.0945. The molecule has 94 heavy (non-hydrogen) atoms. The van der Waals surface area contributed by atoms with Gasteiger partial charge in [-0.15, -0.1) is 11.6 Å². The van der Waals surface area contributed by atoms with Gasteiger partial charge in [0.15, 0.2) is 5.76 Å². The largest absolute Gasteiger partial charge is 0.492 e. The summed E-state index contributed by atoms with van der Waals surface area (Å²) in [5, 5.41) is 16.3. The zero-order valence-electron chi connectivity index (χ0n) is 53.2. The van der Waals surface area contributed by atoms with E-state index < -0.39 is 54.1 Å². The maximum atomic E-state index is 14.4. The molecule has 7 aromatic carbocycles. The zero-order chi connectivity index (χ0) is 66.6. The van der Waals surface area contributed by atoms with Crippen molar-refractivity contribution < 1.29 is 56.9 Å². The minimum Gasteiger partial charge on any atom is -0.492 e. The van der Waals surface area contributed by atoms with Gasteiger partial charge in [-0.25, -0.2) is 19.2 Å². The monoisotopic (exact) mass is 1300 g/mol. The summed E-state index contributed by atoms with van der Waals surface area (Å²) in [6, 6.07) is 43.3. The number of hydrogen-bond donors (Lipinski definition) is 6. The van der Waals surface area contributed by atoms with E-state index in [1.807, 2.05) is 99.6 Å². The van der Waals surface area contributed by atoms with Crippen LogP contribution < -0.4 is 56.5 Å². The van der Waals surface area contributed by atoms with Crippen molar-refractivity contribution in [3.8, 4) is 22.6 Å². The summed E-state index contributed by atoms with van der Waals surface area (Å²) in [6.07, 6.45) is -1.64. The molecule has 2 aliphatic rings. The number of carbonyl (C=O) groups excluding carboxylic acids is 7. The first-order valence-electron chi connectivity index (χ1n) is 31.1. The van der Waals surface area contributed by atoms with Crippen LogP contribution in [0.15, 0.2) is 156 Å². The Balaban J connectivity index is 0.732. The highest BCUT2D eigenvalue weighted by atomic mass is 35.5. The lowest BCUT2D eigenvalue weighted by molar-refractivity contribution is -0.128. The van der Waals surface area contributed by atoms with Crippen molar-refractivity contribution >= 4 is 98.1 Å². The summed E-state index contributed by atoms with van der Waals surface area (Å²) in [6.45, 7) is 5.75. The number of rotatable bonds is 26. The number of nitrogens with zero attached hydrogens (tertiary/aromatic N) is 4. The predicted octanol–water partition coefficient (Wildman–Crippen LogP) is 10.9. The van der Waals surface area contributed by atoms with Crippen LogP contribution in [-0.2, 0) is 25.7 Å². The molecule has 0 saturated heterocycles. The van der Waals surface area contributed by atoms with Gasteiger partial charge < -0.3 is 65.5 Å². The number of likely N-dealkylation sites (N-methyl/N-ethyl adjacent to an activating group) is 1. The van der Waals surface area contributed by atoms with Crippen LogP contribution in [-0.4, -0.2) is 139 Å². The van der Waals surface area contributed by atoms with E-state index in [4.69, 9.17) is 40.7 Å². The topological polar surface area (TPSA) is 269 Å². The van der Waals surface area contributed by atoms with Crippen molar-refractivity contribution in [1.29, 1.82) is 0 Å². The molecule has 3 atom stereocenters. The molecule has 1 aliphatic heterocycles. The molecular formula is C71H77ClN10O12. The fraction of sp³-hybridized carbons (Fsp3) is 0.310. The van der Waals surface area contributed by atoms with Crippen LogP contribution in [0.1, 0.15) is 71.3 Å². The lowest BCUT2D eigenvalue weighted by Crippen LogP contribution is -2.54. The number of urea groups is 1. The average molecular weight is 1300 g/mol. The average Bonchev–Trinajstić information content (AvgIpc) is 1.56. The number of alkyl halides is 1. The Hall–Kier alpha value is -10.2. The van der Waals surface area contributed by atoms with E-state index in [0.717, 1.165) is 39.7 Å². The molecule has 0 fully saturated rings. The van der Waals surface area contributed by atoms with Crippen LogP contribution in [0, 0.1) is 5.92 Å². The number of nitrogens with one attached hydrogen (secondary N) is 5. The number of benzene rings is 7. The Morgan fingerprint density at radius 1 is 0.713 bits per heavy atom. The van der Waals surface area contributed by atoms with Gasteiger partial charge in [-0.05, 0) is 120 Å². The van der Waals surface area contributed by atoms with Crippen molar-refractivity contribution in [2.75, 3.05) is 100 Å². The van der Waals surface area contributed by atoms with Gasteiger partial charge in [-0.3, -0.25) is 24.2 Å². The first-order valence-corrected chi connectivity index (χ1v) is 31.7. The van der Waals surface area contributed by atoms with Crippen LogP contribution in [0.4, 0.5) is 41.9 Å². The van der Waals surface area contributed by atoms with Gasteiger partial charge in [0.25, 0.3) is 5.91 Å². The number of nitrogens with two attached hydrogens (primary N) is 1. The number of fused-ring (bicyclic) bond motifs is 7. The smallest absolute Gasteiger partial charge is 0.419 e. The first-order chi connectivity index (χ1) is 45.4. The van der Waals surface area contributed by atoms with Crippen molar-refractivity contribution in [3.63, 3.8) is 0 Å². The number of ether oxygens (including phenoxy) is 4. The van der Waals surface area contributed by atoms with Crippen LogP contribution in [0.3, 0.4) is 0 Å². The zero-order valence-corrected chi connectivity index (χ0v) is 54.0. The molecular weight excluding hydrogens is 1220 g/mol. The van der Waals surface area contributed by atoms with E-state index in [0.29, 0.717) is 63.4 Å². The molecule has 1 aliphatic carbocycles. The molecule has 10 rings (SSSR count). The fourth-order valence-electron chi connectivity index (χ4n) is 11.8. The van der Waals surface area contributed by atoms with Crippen molar-refractivity contribution in [3.05, 3.63) is 180 Å². The molecule has 0 bridgehead atoms. The SMILES string of the molecule is CC(C)C(NCCNC(=O)OCC1c2ccccc2-c2ccccc21)C(=O)NC(CCCNC(N)=O)C(=O)Nc1ccc(COC(=O)N(C)c2ccccc2N(C)C(=O)Oc2cc3c(c4ccccc24)[C@H](CCl)CN3C(=O)c2cc3cc(OCCN(C)C)ccc3o2)cc1. The normalized spacial score (nSPS) is 13.8. The lowest BCUT2D eigenvalue weighted by Gasteiger charge is -2.25. The number of para-hydroxylation sites is 2. The Bertz CT molecular complexity index is 4040. The second kappa shape index (κ2) is 30.5. The Labute approximate surface area is 549 Å². The van der Waals surface area contributed by atoms with E-state index in [9.17, 15) is 33.6 Å². The molecule has 8 amide bonds. The number of hydrogen-bond acceptors (Lipinski definition) is 14. The lowest BCUT2D eigenvalue weighted by atomic mass is 9.95. The highest BCUT2D eigenvalue weighted by Gasteiger charge is 2.37.